The fraction of sp³-hybridized carbons (Fsp3) is 0.308. The number of nitro groups is 1. The van der Waals surface area contributed by atoms with Gasteiger partial charge in [-0.15, -0.1) is 0 Å². The van der Waals surface area contributed by atoms with Crippen LogP contribution in [0.15, 0.2) is 36.5 Å². The summed E-state index contributed by atoms with van der Waals surface area (Å²) in [6.45, 7) is 0.556. The summed E-state index contributed by atoms with van der Waals surface area (Å²) >= 11 is 5.67. The minimum atomic E-state index is -0.829. The number of aliphatic hydroxyl groups excluding tert-OH is 1. The van der Waals surface area contributed by atoms with Crippen LogP contribution < -0.4 is 0 Å². The van der Waals surface area contributed by atoms with Crippen molar-refractivity contribution in [3.8, 4) is 0 Å². The molecule has 0 aliphatic carbocycles. The Hall–Kier alpha value is -1.96. The van der Waals surface area contributed by atoms with Gasteiger partial charge in [0.2, 0.25) is 0 Å². The van der Waals surface area contributed by atoms with Crippen LogP contribution in [0.3, 0.4) is 0 Å². The smallest absolute Gasteiger partial charge is 0.389 e. The van der Waals surface area contributed by atoms with Gasteiger partial charge in [-0.3, -0.25) is 0 Å². The quantitative estimate of drug-likeness (QED) is 0.624. The lowest BCUT2D eigenvalue weighted by molar-refractivity contribution is -0.389. The number of ether oxygens (including phenoxy) is 1. The van der Waals surface area contributed by atoms with Gasteiger partial charge in [0.15, 0.2) is 5.02 Å². The van der Waals surface area contributed by atoms with E-state index in [4.69, 9.17) is 16.3 Å². The summed E-state index contributed by atoms with van der Waals surface area (Å²) in [5.74, 6) is -0.422. The zero-order valence-electron chi connectivity index (χ0n) is 11.1. The average molecular weight is 312 g/mol. The van der Waals surface area contributed by atoms with Crippen molar-refractivity contribution in [2.24, 2.45) is 0 Å². The van der Waals surface area contributed by atoms with Crippen molar-refractivity contribution in [2.45, 2.75) is 19.3 Å². The molecule has 7 nitrogen and oxygen atoms in total. The van der Waals surface area contributed by atoms with Crippen LogP contribution in [0.2, 0.25) is 5.02 Å². The SMILES string of the molecule is O=[N+]([O-])c1nn(CC(O)COCc2ccccc2)cc1Cl. The highest BCUT2D eigenvalue weighted by Crippen LogP contribution is 2.21. The van der Waals surface area contributed by atoms with Gasteiger partial charge in [-0.1, -0.05) is 41.9 Å². The van der Waals surface area contributed by atoms with Gasteiger partial charge < -0.3 is 20.0 Å². The predicted octanol–water partition coefficient (Wildman–Crippen LogP) is 2.02. The molecule has 2 rings (SSSR count). The normalized spacial score (nSPS) is 12.3. The lowest BCUT2D eigenvalue weighted by atomic mass is 10.2. The molecule has 0 amide bonds. The third-order valence-electron chi connectivity index (χ3n) is 2.69. The molecule has 1 heterocycles. The first-order valence-corrected chi connectivity index (χ1v) is 6.61. The molecule has 0 aliphatic rings. The Morgan fingerprint density at radius 3 is 2.76 bits per heavy atom. The standard InChI is InChI=1S/C13H14ClN3O4/c14-12-7-16(15-13(12)17(19)20)6-11(18)9-21-8-10-4-2-1-3-5-10/h1-5,7,11,18H,6,8-9H2. The number of benzene rings is 1. The Morgan fingerprint density at radius 1 is 1.43 bits per heavy atom. The summed E-state index contributed by atoms with van der Waals surface area (Å²) in [7, 11) is 0. The molecule has 0 aliphatic heterocycles. The van der Waals surface area contributed by atoms with Crippen LogP contribution in [0.5, 0.6) is 0 Å². The summed E-state index contributed by atoms with van der Waals surface area (Å²) < 4.78 is 6.61. The van der Waals surface area contributed by atoms with Crippen LogP contribution in [0.25, 0.3) is 0 Å². The summed E-state index contributed by atoms with van der Waals surface area (Å²) in [5, 5.41) is 24.1. The number of aromatic nitrogens is 2. The molecule has 112 valence electrons. The van der Waals surface area contributed by atoms with Gasteiger partial charge in [0.05, 0.1) is 37.2 Å². The Kier molecular flexibility index (Phi) is 5.26. The highest BCUT2D eigenvalue weighted by atomic mass is 35.5. The molecule has 0 saturated heterocycles. The van der Waals surface area contributed by atoms with Crippen LogP contribution in [-0.4, -0.2) is 32.5 Å². The van der Waals surface area contributed by atoms with E-state index < -0.39 is 16.8 Å². The zero-order chi connectivity index (χ0) is 15.2. The molecule has 21 heavy (non-hydrogen) atoms. The van der Waals surface area contributed by atoms with Crippen molar-refractivity contribution >= 4 is 17.4 Å². The van der Waals surface area contributed by atoms with Crippen molar-refractivity contribution < 1.29 is 14.8 Å². The van der Waals surface area contributed by atoms with Crippen molar-refractivity contribution in [3.05, 3.63) is 57.2 Å². The van der Waals surface area contributed by atoms with Gasteiger partial charge in [-0.2, -0.15) is 4.68 Å². The predicted molar refractivity (Wildman–Crippen MR) is 76.0 cm³/mol. The van der Waals surface area contributed by atoms with E-state index in [9.17, 15) is 15.2 Å². The Labute approximate surface area is 125 Å². The van der Waals surface area contributed by atoms with Crippen LogP contribution in [-0.2, 0) is 17.9 Å². The Bertz CT molecular complexity index is 603. The van der Waals surface area contributed by atoms with Crippen molar-refractivity contribution in [2.75, 3.05) is 6.61 Å². The summed E-state index contributed by atoms with van der Waals surface area (Å²) in [5.41, 5.74) is 1.00. The van der Waals surface area contributed by atoms with Gasteiger partial charge in [0.1, 0.15) is 0 Å². The van der Waals surface area contributed by atoms with E-state index in [1.165, 1.54) is 10.9 Å². The van der Waals surface area contributed by atoms with Crippen molar-refractivity contribution in [3.63, 3.8) is 0 Å². The molecule has 0 fully saturated rings. The first-order valence-electron chi connectivity index (χ1n) is 6.23. The minimum absolute atomic E-state index is 0.0580. The van der Waals surface area contributed by atoms with Gasteiger partial charge in [-0.25, -0.2) is 0 Å². The van der Waals surface area contributed by atoms with Crippen molar-refractivity contribution in [1.29, 1.82) is 0 Å². The van der Waals surface area contributed by atoms with Gasteiger partial charge in [0, 0.05) is 0 Å². The molecule has 1 atom stereocenters. The zero-order valence-corrected chi connectivity index (χ0v) is 11.8. The molecular formula is C13H14ClN3O4. The largest absolute Gasteiger partial charge is 0.408 e. The second kappa shape index (κ2) is 7.16. The fourth-order valence-electron chi connectivity index (χ4n) is 1.76. The van der Waals surface area contributed by atoms with E-state index in [0.717, 1.165) is 5.56 Å². The van der Waals surface area contributed by atoms with Gasteiger partial charge >= 0.3 is 5.82 Å². The summed E-state index contributed by atoms with van der Waals surface area (Å²) in [6, 6.07) is 9.55. The maximum Gasteiger partial charge on any atom is 0.408 e. The molecule has 0 bridgehead atoms. The van der Waals surface area contributed by atoms with Gasteiger partial charge in [-0.05, 0) is 10.5 Å². The third-order valence-corrected chi connectivity index (χ3v) is 2.96. The fourth-order valence-corrected chi connectivity index (χ4v) is 1.98. The maximum absolute atomic E-state index is 10.6. The van der Waals surface area contributed by atoms with Crippen LogP contribution >= 0.6 is 11.6 Å². The molecule has 1 N–H and O–H groups in total. The number of nitrogens with zero attached hydrogens (tertiary/aromatic N) is 3. The van der Waals surface area contributed by atoms with Crippen molar-refractivity contribution in [1.82, 2.24) is 9.78 Å². The molecule has 0 radical (unpaired) electrons. The van der Waals surface area contributed by atoms with Crippen LogP contribution in [0.1, 0.15) is 5.56 Å². The number of aliphatic hydroxyl groups is 1. The summed E-state index contributed by atoms with van der Waals surface area (Å²) in [6.07, 6.45) is 0.476. The van der Waals surface area contributed by atoms with E-state index in [-0.39, 0.29) is 18.2 Å². The van der Waals surface area contributed by atoms with E-state index in [2.05, 4.69) is 5.10 Å². The Morgan fingerprint density at radius 2 is 2.14 bits per heavy atom. The van der Waals surface area contributed by atoms with E-state index >= 15 is 0 Å². The molecular weight excluding hydrogens is 298 g/mol. The topological polar surface area (TPSA) is 90.4 Å². The monoisotopic (exact) mass is 311 g/mol. The lowest BCUT2D eigenvalue weighted by Crippen LogP contribution is -2.22. The molecule has 0 spiro atoms. The second-order valence-corrected chi connectivity index (χ2v) is 4.84. The number of rotatable bonds is 7. The molecule has 0 saturated carbocycles. The van der Waals surface area contributed by atoms with Gasteiger partial charge in [0.25, 0.3) is 0 Å². The maximum atomic E-state index is 10.6. The highest BCUT2D eigenvalue weighted by molar-refractivity contribution is 6.32. The number of halogens is 1. The van der Waals surface area contributed by atoms with Crippen LogP contribution in [0.4, 0.5) is 5.82 Å². The minimum Gasteiger partial charge on any atom is -0.389 e. The second-order valence-electron chi connectivity index (χ2n) is 4.43. The molecule has 1 unspecified atom stereocenters. The van der Waals surface area contributed by atoms with E-state index in [1.54, 1.807) is 0 Å². The Balaban J connectivity index is 1.80. The van der Waals surface area contributed by atoms with Crippen LogP contribution in [0, 0.1) is 10.1 Å². The number of hydrogen-bond acceptors (Lipinski definition) is 5. The molecule has 1 aromatic heterocycles. The molecule has 8 heteroatoms. The first-order chi connectivity index (χ1) is 10.1. The number of hydrogen-bond donors (Lipinski definition) is 1. The highest BCUT2D eigenvalue weighted by Gasteiger charge is 2.20. The van der Waals surface area contributed by atoms with E-state index in [1.807, 2.05) is 30.3 Å². The molecule has 1 aromatic carbocycles. The third kappa shape index (κ3) is 4.52. The average Bonchev–Trinajstić information content (AvgIpc) is 2.81. The molecule has 2 aromatic rings. The first kappa shape index (κ1) is 15.4. The van der Waals surface area contributed by atoms with E-state index in [0.29, 0.717) is 6.61 Å². The lowest BCUT2D eigenvalue weighted by Gasteiger charge is -2.09. The summed E-state index contributed by atoms with van der Waals surface area (Å²) in [4.78, 5) is 9.94.